The van der Waals surface area contributed by atoms with E-state index in [1.54, 1.807) is 6.92 Å². The molecule has 0 aliphatic carbocycles. The normalized spacial score (nSPS) is 38.4. The Morgan fingerprint density at radius 1 is 1.60 bits per heavy atom. The summed E-state index contributed by atoms with van der Waals surface area (Å²) in [5.74, 6) is -3.21. The van der Waals surface area contributed by atoms with Crippen LogP contribution in [-0.2, 0) is 4.74 Å². The second-order valence-corrected chi connectivity index (χ2v) is 2.81. The van der Waals surface area contributed by atoms with Gasteiger partial charge in [-0.2, -0.15) is 0 Å². The molecule has 0 aromatic carbocycles. The Morgan fingerprint density at radius 2 is 2.20 bits per heavy atom. The minimum atomic E-state index is -2.60. The van der Waals surface area contributed by atoms with Gasteiger partial charge in [-0.15, -0.1) is 0 Å². The topological polar surface area (TPSA) is 9.23 Å². The Bertz CT molecular complexity index is 125. The average Bonchev–Trinajstić information content (AvgIpc) is 2.10. The highest BCUT2D eigenvalue weighted by Gasteiger charge is 2.47. The number of rotatable bonds is 1. The molecule has 1 aliphatic heterocycles. The predicted molar refractivity (Wildman–Crippen MR) is 34.1 cm³/mol. The highest BCUT2D eigenvalue weighted by atomic mass is 19.3. The first-order chi connectivity index (χ1) is 4.58. The summed E-state index contributed by atoms with van der Waals surface area (Å²) in [6, 6.07) is 0. The summed E-state index contributed by atoms with van der Waals surface area (Å²) in [5.41, 5.74) is 0. The van der Waals surface area contributed by atoms with Crippen LogP contribution in [0.5, 0.6) is 0 Å². The zero-order chi connectivity index (χ0) is 7.78. The number of ether oxygens (including phenoxy) is 1. The lowest BCUT2D eigenvalue weighted by Crippen LogP contribution is -2.26. The van der Waals surface area contributed by atoms with Crippen LogP contribution in [0, 0.1) is 5.92 Å². The van der Waals surface area contributed by atoms with E-state index in [0.717, 1.165) is 0 Å². The van der Waals surface area contributed by atoms with Gasteiger partial charge in [-0.1, -0.05) is 13.8 Å². The largest absolute Gasteiger partial charge is 0.371 e. The molecule has 2 unspecified atom stereocenters. The molecular formula is C7H12F2O. The van der Waals surface area contributed by atoms with E-state index in [4.69, 9.17) is 4.74 Å². The van der Waals surface area contributed by atoms with Crippen LogP contribution in [-0.4, -0.2) is 18.6 Å². The summed E-state index contributed by atoms with van der Waals surface area (Å²) >= 11 is 0. The molecule has 0 radical (unpaired) electrons. The quantitative estimate of drug-likeness (QED) is 0.556. The average molecular weight is 150 g/mol. The fourth-order valence-electron chi connectivity index (χ4n) is 1.24. The molecule has 10 heavy (non-hydrogen) atoms. The Morgan fingerprint density at radius 3 is 2.40 bits per heavy atom. The number of alkyl halides is 2. The fraction of sp³-hybridized carbons (Fsp3) is 1.00. The lowest BCUT2D eigenvalue weighted by Gasteiger charge is -2.15. The Kier molecular flexibility index (Phi) is 1.95. The molecule has 1 aliphatic rings. The van der Waals surface area contributed by atoms with Crippen LogP contribution >= 0.6 is 0 Å². The molecule has 0 saturated carbocycles. The minimum Gasteiger partial charge on any atom is -0.371 e. The summed E-state index contributed by atoms with van der Waals surface area (Å²) < 4.78 is 30.2. The molecule has 1 nitrogen and oxygen atoms in total. The molecule has 0 aromatic rings. The van der Waals surface area contributed by atoms with Crippen LogP contribution in [0.3, 0.4) is 0 Å². The van der Waals surface area contributed by atoms with Crippen molar-refractivity contribution in [2.45, 2.75) is 32.3 Å². The van der Waals surface area contributed by atoms with Crippen LogP contribution < -0.4 is 0 Å². The van der Waals surface area contributed by atoms with Gasteiger partial charge < -0.3 is 4.74 Å². The molecule has 0 aromatic heterocycles. The van der Waals surface area contributed by atoms with Crippen molar-refractivity contribution in [3.8, 4) is 0 Å². The van der Waals surface area contributed by atoms with E-state index in [1.807, 2.05) is 6.92 Å². The van der Waals surface area contributed by atoms with Crippen molar-refractivity contribution in [3.05, 3.63) is 0 Å². The third kappa shape index (κ3) is 1.15. The minimum absolute atomic E-state index is 0.241. The van der Waals surface area contributed by atoms with Gasteiger partial charge in [0, 0.05) is 5.92 Å². The van der Waals surface area contributed by atoms with Gasteiger partial charge in [-0.05, 0) is 6.42 Å². The Labute approximate surface area is 59.4 Å². The highest BCUT2D eigenvalue weighted by molar-refractivity contribution is 4.85. The molecule has 1 rings (SSSR count). The second kappa shape index (κ2) is 2.46. The molecule has 0 amide bonds. The lowest BCUT2D eigenvalue weighted by atomic mass is 9.99. The second-order valence-electron chi connectivity index (χ2n) is 2.81. The summed E-state index contributed by atoms with van der Waals surface area (Å²) in [4.78, 5) is 0. The van der Waals surface area contributed by atoms with Gasteiger partial charge in [-0.3, -0.25) is 0 Å². The Hall–Kier alpha value is -0.180. The highest BCUT2D eigenvalue weighted by Crippen LogP contribution is 2.36. The standard InChI is InChI=1S/C7H12F2O/c1-3-6-5(2)7(8,9)4-10-6/h5-6H,3-4H2,1-2H3. The van der Waals surface area contributed by atoms with Crippen molar-refractivity contribution in [1.29, 1.82) is 0 Å². The van der Waals surface area contributed by atoms with Crippen LogP contribution in [0.25, 0.3) is 0 Å². The Balaban J connectivity index is 2.58. The molecule has 0 bridgehead atoms. The van der Waals surface area contributed by atoms with Gasteiger partial charge >= 0.3 is 0 Å². The van der Waals surface area contributed by atoms with Crippen LogP contribution in [0.15, 0.2) is 0 Å². The maximum absolute atomic E-state index is 12.7. The maximum Gasteiger partial charge on any atom is 0.275 e. The van der Waals surface area contributed by atoms with Crippen LogP contribution in [0.1, 0.15) is 20.3 Å². The SMILES string of the molecule is CCC1OCC(F)(F)C1C. The van der Waals surface area contributed by atoms with Crippen molar-refractivity contribution in [3.63, 3.8) is 0 Å². The molecule has 1 fully saturated rings. The van der Waals surface area contributed by atoms with Gasteiger partial charge in [0.2, 0.25) is 0 Å². The molecule has 3 heteroatoms. The van der Waals surface area contributed by atoms with E-state index < -0.39 is 18.4 Å². The summed E-state index contributed by atoms with van der Waals surface area (Å²) in [6.45, 7) is 3.01. The van der Waals surface area contributed by atoms with Crippen molar-refractivity contribution in [2.75, 3.05) is 6.61 Å². The van der Waals surface area contributed by atoms with Gasteiger partial charge in [0.1, 0.15) is 6.61 Å². The van der Waals surface area contributed by atoms with Crippen LogP contribution in [0.2, 0.25) is 0 Å². The number of halogens is 2. The fourth-order valence-corrected chi connectivity index (χ4v) is 1.24. The van der Waals surface area contributed by atoms with Gasteiger partial charge in [-0.25, -0.2) is 8.78 Å². The zero-order valence-electron chi connectivity index (χ0n) is 6.23. The molecule has 2 atom stereocenters. The monoisotopic (exact) mass is 150 g/mol. The van der Waals surface area contributed by atoms with Crippen molar-refractivity contribution in [2.24, 2.45) is 5.92 Å². The van der Waals surface area contributed by atoms with E-state index in [2.05, 4.69) is 0 Å². The van der Waals surface area contributed by atoms with E-state index in [-0.39, 0.29) is 6.10 Å². The molecule has 60 valence electrons. The zero-order valence-corrected chi connectivity index (χ0v) is 6.23. The summed E-state index contributed by atoms with van der Waals surface area (Å²) in [6.07, 6.45) is 0.437. The molecule has 0 spiro atoms. The molecule has 1 heterocycles. The lowest BCUT2D eigenvalue weighted by molar-refractivity contribution is -0.0319. The number of hydrogen-bond acceptors (Lipinski definition) is 1. The molecule has 1 saturated heterocycles. The molecule has 0 N–H and O–H groups in total. The first kappa shape index (κ1) is 7.92. The number of hydrogen-bond donors (Lipinski definition) is 0. The van der Waals surface area contributed by atoms with Gasteiger partial charge in [0.15, 0.2) is 0 Å². The van der Waals surface area contributed by atoms with Crippen molar-refractivity contribution >= 4 is 0 Å². The van der Waals surface area contributed by atoms with Crippen LogP contribution in [0.4, 0.5) is 8.78 Å². The van der Waals surface area contributed by atoms with Crippen molar-refractivity contribution in [1.82, 2.24) is 0 Å². The molecular weight excluding hydrogens is 138 g/mol. The van der Waals surface area contributed by atoms with E-state index >= 15 is 0 Å². The third-order valence-electron chi connectivity index (χ3n) is 2.12. The van der Waals surface area contributed by atoms with Crippen molar-refractivity contribution < 1.29 is 13.5 Å². The first-order valence-electron chi connectivity index (χ1n) is 3.57. The predicted octanol–water partition coefficient (Wildman–Crippen LogP) is 2.07. The van der Waals surface area contributed by atoms with E-state index in [1.165, 1.54) is 0 Å². The van der Waals surface area contributed by atoms with Gasteiger partial charge in [0.05, 0.1) is 6.10 Å². The third-order valence-corrected chi connectivity index (χ3v) is 2.12. The van der Waals surface area contributed by atoms with Gasteiger partial charge in [0.25, 0.3) is 5.92 Å². The smallest absolute Gasteiger partial charge is 0.275 e. The first-order valence-corrected chi connectivity index (χ1v) is 3.57. The van der Waals surface area contributed by atoms with E-state index in [0.29, 0.717) is 6.42 Å². The van der Waals surface area contributed by atoms with E-state index in [9.17, 15) is 8.78 Å². The summed E-state index contributed by atoms with van der Waals surface area (Å²) in [7, 11) is 0. The maximum atomic E-state index is 12.7. The summed E-state index contributed by atoms with van der Waals surface area (Å²) in [5, 5.41) is 0.